The minimum absolute atomic E-state index is 0.551. The maximum Gasteiger partial charge on any atom is 0.309 e. The normalized spacial score (nSPS) is 16.1. The van der Waals surface area contributed by atoms with Crippen molar-refractivity contribution in [3.05, 3.63) is 0 Å². The second-order valence-electron chi connectivity index (χ2n) is 3.77. The summed E-state index contributed by atoms with van der Waals surface area (Å²) in [4.78, 5) is 12.9. The van der Waals surface area contributed by atoms with Gasteiger partial charge in [-0.15, -0.1) is 0 Å². The molecule has 0 fully saturated rings. The van der Waals surface area contributed by atoms with Crippen LogP contribution in [-0.2, 0) is 4.79 Å². The number of carboxylic acids is 1. The Morgan fingerprint density at radius 2 is 2.00 bits per heavy atom. The Morgan fingerprint density at radius 3 is 2.25 bits per heavy atom. The van der Waals surface area contributed by atoms with Crippen molar-refractivity contribution in [3.63, 3.8) is 0 Å². The summed E-state index contributed by atoms with van der Waals surface area (Å²) in [6.07, 6.45) is 1.40. The second-order valence-corrected chi connectivity index (χ2v) is 3.77. The van der Waals surface area contributed by atoms with Crippen molar-refractivity contribution in [3.8, 4) is 0 Å². The summed E-state index contributed by atoms with van der Waals surface area (Å²) in [5.74, 6) is -0.688. The lowest BCUT2D eigenvalue weighted by Crippen LogP contribution is -2.30. The zero-order valence-corrected chi connectivity index (χ0v) is 8.42. The molecule has 1 N–H and O–H groups in total. The first-order valence-corrected chi connectivity index (χ1v) is 4.30. The van der Waals surface area contributed by atoms with E-state index in [1.165, 1.54) is 0 Å². The van der Waals surface area contributed by atoms with Crippen molar-refractivity contribution in [1.29, 1.82) is 0 Å². The van der Waals surface area contributed by atoms with Crippen LogP contribution in [0.4, 0.5) is 0 Å². The van der Waals surface area contributed by atoms with Gasteiger partial charge in [0.1, 0.15) is 0 Å². The van der Waals surface area contributed by atoms with Crippen LogP contribution < -0.4 is 0 Å². The van der Waals surface area contributed by atoms with E-state index in [4.69, 9.17) is 5.11 Å². The van der Waals surface area contributed by atoms with Gasteiger partial charge >= 0.3 is 5.97 Å². The molecule has 0 rings (SSSR count). The standard InChI is InChI=1S/C9H19NO2/c1-5-9(2,8(11)12)6-7-10(3)4/h5-7H2,1-4H3,(H,11,12). The Bertz CT molecular complexity index is 157. The topological polar surface area (TPSA) is 40.5 Å². The summed E-state index contributed by atoms with van der Waals surface area (Å²) >= 11 is 0. The number of aliphatic carboxylic acids is 1. The largest absolute Gasteiger partial charge is 0.481 e. The maximum atomic E-state index is 10.8. The molecule has 0 amide bonds. The third kappa shape index (κ3) is 3.22. The van der Waals surface area contributed by atoms with E-state index in [1.807, 2.05) is 25.9 Å². The molecular weight excluding hydrogens is 154 g/mol. The third-order valence-corrected chi connectivity index (χ3v) is 2.41. The molecule has 0 aromatic heterocycles. The lowest BCUT2D eigenvalue weighted by molar-refractivity contribution is -0.148. The fourth-order valence-electron chi connectivity index (χ4n) is 0.905. The first-order chi connectivity index (χ1) is 5.42. The van der Waals surface area contributed by atoms with Crippen LogP contribution in [0.15, 0.2) is 0 Å². The van der Waals surface area contributed by atoms with E-state index in [-0.39, 0.29) is 0 Å². The molecule has 3 heteroatoms. The van der Waals surface area contributed by atoms with Crippen LogP contribution in [-0.4, -0.2) is 36.6 Å². The molecular formula is C9H19NO2. The van der Waals surface area contributed by atoms with E-state index < -0.39 is 11.4 Å². The molecule has 0 spiro atoms. The summed E-state index contributed by atoms with van der Waals surface area (Å²) in [6, 6.07) is 0. The lowest BCUT2D eigenvalue weighted by atomic mass is 9.84. The molecule has 0 aliphatic carbocycles. The van der Waals surface area contributed by atoms with Gasteiger partial charge in [-0.1, -0.05) is 6.92 Å². The molecule has 1 atom stereocenters. The molecule has 12 heavy (non-hydrogen) atoms. The molecule has 0 heterocycles. The Morgan fingerprint density at radius 1 is 1.50 bits per heavy atom. The highest BCUT2D eigenvalue weighted by Crippen LogP contribution is 2.25. The van der Waals surface area contributed by atoms with Crippen molar-refractivity contribution >= 4 is 5.97 Å². The van der Waals surface area contributed by atoms with Gasteiger partial charge in [-0.3, -0.25) is 4.79 Å². The van der Waals surface area contributed by atoms with E-state index in [1.54, 1.807) is 6.92 Å². The van der Waals surface area contributed by atoms with Crippen LogP contribution in [0.1, 0.15) is 26.7 Å². The van der Waals surface area contributed by atoms with Crippen LogP contribution in [0.3, 0.4) is 0 Å². The molecule has 72 valence electrons. The van der Waals surface area contributed by atoms with E-state index in [0.717, 1.165) is 6.54 Å². The molecule has 0 aliphatic heterocycles. The fraction of sp³-hybridized carbons (Fsp3) is 0.889. The first-order valence-electron chi connectivity index (χ1n) is 4.30. The van der Waals surface area contributed by atoms with Crippen LogP contribution in [0.25, 0.3) is 0 Å². The molecule has 0 saturated heterocycles. The number of hydrogen-bond acceptors (Lipinski definition) is 2. The van der Waals surface area contributed by atoms with Crippen molar-refractivity contribution in [1.82, 2.24) is 4.90 Å². The average Bonchev–Trinajstić information content (AvgIpc) is 1.99. The molecule has 0 aromatic carbocycles. The fourth-order valence-corrected chi connectivity index (χ4v) is 0.905. The predicted octanol–water partition coefficient (Wildman–Crippen LogP) is 1.44. The Labute approximate surface area is 74.4 Å². The Hall–Kier alpha value is -0.570. The van der Waals surface area contributed by atoms with Crippen LogP contribution in [0.5, 0.6) is 0 Å². The molecule has 0 radical (unpaired) electrons. The Kier molecular flexibility index (Phi) is 4.24. The van der Waals surface area contributed by atoms with E-state index in [0.29, 0.717) is 12.8 Å². The molecule has 3 nitrogen and oxygen atoms in total. The predicted molar refractivity (Wildman–Crippen MR) is 49.2 cm³/mol. The summed E-state index contributed by atoms with van der Waals surface area (Å²) in [5, 5.41) is 8.93. The molecule has 0 aliphatic rings. The summed E-state index contributed by atoms with van der Waals surface area (Å²) in [5.41, 5.74) is -0.551. The minimum atomic E-state index is -0.688. The maximum absolute atomic E-state index is 10.8. The summed E-state index contributed by atoms with van der Waals surface area (Å²) < 4.78 is 0. The molecule has 1 unspecified atom stereocenters. The summed E-state index contributed by atoms with van der Waals surface area (Å²) in [7, 11) is 3.91. The summed E-state index contributed by atoms with van der Waals surface area (Å²) in [6.45, 7) is 4.55. The van der Waals surface area contributed by atoms with Crippen molar-refractivity contribution in [2.75, 3.05) is 20.6 Å². The first kappa shape index (κ1) is 11.4. The van der Waals surface area contributed by atoms with Crippen LogP contribution in [0.2, 0.25) is 0 Å². The lowest BCUT2D eigenvalue weighted by Gasteiger charge is -2.24. The Balaban J connectivity index is 4.06. The van der Waals surface area contributed by atoms with Gasteiger partial charge in [0.2, 0.25) is 0 Å². The van der Waals surface area contributed by atoms with Gasteiger partial charge in [-0.2, -0.15) is 0 Å². The average molecular weight is 173 g/mol. The third-order valence-electron chi connectivity index (χ3n) is 2.41. The highest BCUT2D eigenvalue weighted by molar-refractivity contribution is 5.73. The van der Waals surface area contributed by atoms with E-state index >= 15 is 0 Å². The highest BCUT2D eigenvalue weighted by atomic mass is 16.4. The number of carboxylic acid groups (broad SMARTS) is 1. The van der Waals surface area contributed by atoms with Crippen molar-refractivity contribution in [2.45, 2.75) is 26.7 Å². The number of carbonyl (C=O) groups is 1. The number of rotatable bonds is 5. The quantitative estimate of drug-likeness (QED) is 0.684. The van der Waals surface area contributed by atoms with Crippen LogP contribution in [0, 0.1) is 5.41 Å². The van der Waals surface area contributed by atoms with E-state index in [2.05, 4.69) is 0 Å². The van der Waals surface area contributed by atoms with Crippen molar-refractivity contribution < 1.29 is 9.90 Å². The highest BCUT2D eigenvalue weighted by Gasteiger charge is 2.30. The second kappa shape index (κ2) is 4.45. The van der Waals surface area contributed by atoms with Gasteiger partial charge in [0.15, 0.2) is 0 Å². The minimum Gasteiger partial charge on any atom is -0.481 e. The van der Waals surface area contributed by atoms with E-state index in [9.17, 15) is 4.79 Å². The van der Waals surface area contributed by atoms with Gasteiger partial charge in [0.05, 0.1) is 5.41 Å². The number of nitrogens with zero attached hydrogens (tertiary/aromatic N) is 1. The molecule has 0 saturated carbocycles. The van der Waals surface area contributed by atoms with Crippen molar-refractivity contribution in [2.24, 2.45) is 5.41 Å². The van der Waals surface area contributed by atoms with Gasteiger partial charge in [-0.25, -0.2) is 0 Å². The van der Waals surface area contributed by atoms with Gasteiger partial charge in [0, 0.05) is 0 Å². The molecule has 0 bridgehead atoms. The SMILES string of the molecule is CCC(C)(CCN(C)C)C(=O)O. The zero-order valence-electron chi connectivity index (χ0n) is 8.42. The smallest absolute Gasteiger partial charge is 0.309 e. The van der Waals surface area contributed by atoms with Crippen LogP contribution >= 0.6 is 0 Å². The zero-order chi connectivity index (χ0) is 9.78. The number of hydrogen-bond donors (Lipinski definition) is 1. The van der Waals surface area contributed by atoms with Gasteiger partial charge in [0.25, 0.3) is 0 Å². The monoisotopic (exact) mass is 173 g/mol. The van der Waals surface area contributed by atoms with Gasteiger partial charge < -0.3 is 10.0 Å². The van der Waals surface area contributed by atoms with Gasteiger partial charge in [-0.05, 0) is 40.4 Å². The molecule has 0 aromatic rings.